The van der Waals surface area contributed by atoms with Crippen LogP contribution in [0.15, 0.2) is 24.3 Å². The minimum Gasteiger partial charge on any atom is -0.456 e. The molecule has 0 atom stereocenters. The number of anilines is 1. The van der Waals surface area contributed by atoms with Crippen LogP contribution in [0.1, 0.15) is 46.6 Å². The van der Waals surface area contributed by atoms with Crippen LogP contribution in [-0.2, 0) is 27.8 Å². The molecule has 8 heteroatoms. The number of amides is 2. The first-order chi connectivity index (χ1) is 13.8. The average Bonchev–Trinajstić information content (AvgIpc) is 3.46. The van der Waals surface area contributed by atoms with Crippen molar-refractivity contribution in [2.45, 2.75) is 45.6 Å². The maximum absolute atomic E-state index is 12.1. The van der Waals surface area contributed by atoms with Crippen molar-refractivity contribution in [1.29, 1.82) is 0 Å². The molecule has 29 heavy (non-hydrogen) atoms. The summed E-state index contributed by atoms with van der Waals surface area (Å²) in [7, 11) is 1.86. The Kier molecular flexibility index (Phi) is 6.31. The van der Waals surface area contributed by atoms with Crippen LogP contribution in [0.3, 0.4) is 0 Å². The van der Waals surface area contributed by atoms with Gasteiger partial charge in [-0.05, 0) is 56.9 Å². The van der Waals surface area contributed by atoms with Crippen molar-refractivity contribution in [2.75, 3.05) is 11.9 Å². The summed E-state index contributed by atoms with van der Waals surface area (Å²) in [6.07, 6.45) is 2.71. The van der Waals surface area contributed by atoms with Crippen LogP contribution in [0.5, 0.6) is 0 Å². The number of benzene rings is 1. The molecule has 1 aliphatic rings. The summed E-state index contributed by atoms with van der Waals surface area (Å²) in [4.78, 5) is 36.1. The average molecular weight is 398 g/mol. The number of hydrogen-bond donors (Lipinski definition) is 2. The Hall–Kier alpha value is -3.16. The van der Waals surface area contributed by atoms with Gasteiger partial charge < -0.3 is 15.4 Å². The highest BCUT2D eigenvalue weighted by Gasteiger charge is 2.23. The van der Waals surface area contributed by atoms with E-state index in [4.69, 9.17) is 4.74 Å². The quantitative estimate of drug-likeness (QED) is 0.663. The van der Waals surface area contributed by atoms with Gasteiger partial charge in [-0.2, -0.15) is 5.10 Å². The van der Waals surface area contributed by atoms with Crippen molar-refractivity contribution in [2.24, 2.45) is 7.05 Å². The molecule has 1 fully saturated rings. The van der Waals surface area contributed by atoms with Gasteiger partial charge in [-0.25, -0.2) is 0 Å². The van der Waals surface area contributed by atoms with E-state index in [1.807, 2.05) is 20.9 Å². The fourth-order valence-corrected chi connectivity index (χ4v) is 3.06. The number of esters is 1. The van der Waals surface area contributed by atoms with Crippen LogP contribution in [0, 0.1) is 13.8 Å². The molecule has 0 aliphatic heterocycles. The van der Waals surface area contributed by atoms with E-state index < -0.39 is 11.9 Å². The lowest BCUT2D eigenvalue weighted by molar-refractivity contribution is -0.147. The third-order valence-corrected chi connectivity index (χ3v) is 4.92. The molecule has 0 saturated heterocycles. The highest BCUT2D eigenvalue weighted by Crippen LogP contribution is 2.20. The van der Waals surface area contributed by atoms with E-state index in [1.54, 1.807) is 28.9 Å². The Morgan fingerprint density at radius 1 is 1.24 bits per heavy atom. The third kappa shape index (κ3) is 5.66. The maximum atomic E-state index is 12.1. The van der Waals surface area contributed by atoms with Crippen LogP contribution in [-0.4, -0.2) is 40.2 Å². The summed E-state index contributed by atoms with van der Waals surface area (Å²) in [5.74, 6) is -1.05. The standard InChI is InChI=1S/C21H26N4O4/c1-13-18(14(2)25(3)24-13)9-10-20(27)29-12-19(26)22-17-6-4-5-15(11-17)21(28)23-16-7-8-16/h4-6,11,16H,7-10,12H2,1-3H3,(H,22,26)(H,23,28). The Morgan fingerprint density at radius 2 is 2.00 bits per heavy atom. The number of nitrogens with one attached hydrogen (secondary N) is 2. The first-order valence-electron chi connectivity index (χ1n) is 9.69. The molecule has 1 aromatic heterocycles. The largest absolute Gasteiger partial charge is 0.456 e. The number of carbonyl (C=O) groups is 3. The second-order valence-corrected chi connectivity index (χ2v) is 7.31. The lowest BCUT2D eigenvalue weighted by atomic mass is 10.1. The fraction of sp³-hybridized carbons (Fsp3) is 0.429. The van der Waals surface area contributed by atoms with Crippen molar-refractivity contribution < 1.29 is 19.1 Å². The molecular weight excluding hydrogens is 372 g/mol. The van der Waals surface area contributed by atoms with Gasteiger partial charge in [-0.1, -0.05) is 6.07 Å². The topological polar surface area (TPSA) is 102 Å². The lowest BCUT2D eigenvalue weighted by Gasteiger charge is -2.09. The van der Waals surface area contributed by atoms with Gasteiger partial charge in [0.25, 0.3) is 11.8 Å². The zero-order valence-electron chi connectivity index (χ0n) is 16.9. The van der Waals surface area contributed by atoms with Gasteiger partial charge >= 0.3 is 5.97 Å². The predicted molar refractivity (Wildman–Crippen MR) is 108 cm³/mol. The minimum absolute atomic E-state index is 0.156. The van der Waals surface area contributed by atoms with Gasteiger partial charge in [0, 0.05) is 36.5 Å². The molecule has 2 amide bonds. The first-order valence-corrected chi connectivity index (χ1v) is 9.69. The summed E-state index contributed by atoms with van der Waals surface area (Å²) in [5.41, 5.74) is 3.89. The van der Waals surface area contributed by atoms with Gasteiger partial charge in [0.2, 0.25) is 0 Å². The van der Waals surface area contributed by atoms with E-state index in [-0.39, 0.29) is 25.0 Å². The monoisotopic (exact) mass is 398 g/mol. The molecule has 0 bridgehead atoms. The van der Waals surface area contributed by atoms with Crippen molar-refractivity contribution in [3.63, 3.8) is 0 Å². The number of rotatable bonds is 8. The smallest absolute Gasteiger partial charge is 0.306 e. The van der Waals surface area contributed by atoms with Gasteiger partial charge in [0.15, 0.2) is 6.61 Å². The molecule has 1 heterocycles. The number of aryl methyl sites for hydroxylation is 2. The molecule has 0 spiro atoms. The van der Waals surface area contributed by atoms with Gasteiger partial charge in [0.05, 0.1) is 5.69 Å². The van der Waals surface area contributed by atoms with Crippen LogP contribution in [0.25, 0.3) is 0 Å². The highest BCUT2D eigenvalue weighted by atomic mass is 16.5. The van der Waals surface area contributed by atoms with E-state index in [0.29, 0.717) is 17.7 Å². The number of hydrogen-bond acceptors (Lipinski definition) is 5. The van der Waals surface area contributed by atoms with E-state index in [1.165, 1.54) is 0 Å². The van der Waals surface area contributed by atoms with Gasteiger partial charge in [0.1, 0.15) is 0 Å². The molecule has 3 rings (SSSR count). The number of nitrogens with zero attached hydrogens (tertiary/aromatic N) is 2. The summed E-state index contributed by atoms with van der Waals surface area (Å²) in [6.45, 7) is 3.48. The molecule has 8 nitrogen and oxygen atoms in total. The van der Waals surface area contributed by atoms with E-state index in [2.05, 4.69) is 15.7 Å². The van der Waals surface area contributed by atoms with Crippen LogP contribution in [0.4, 0.5) is 5.69 Å². The Labute approximate surface area is 169 Å². The number of carbonyl (C=O) groups excluding carboxylic acids is 3. The molecule has 154 valence electrons. The summed E-state index contributed by atoms with van der Waals surface area (Å²) in [5, 5.41) is 9.87. The van der Waals surface area contributed by atoms with E-state index in [9.17, 15) is 14.4 Å². The van der Waals surface area contributed by atoms with Crippen LogP contribution in [0.2, 0.25) is 0 Å². The van der Waals surface area contributed by atoms with Crippen LogP contribution >= 0.6 is 0 Å². The predicted octanol–water partition coefficient (Wildman–Crippen LogP) is 2.04. The molecule has 2 aromatic rings. The highest BCUT2D eigenvalue weighted by molar-refractivity contribution is 5.98. The van der Waals surface area contributed by atoms with Gasteiger partial charge in [-0.3, -0.25) is 19.1 Å². The van der Waals surface area contributed by atoms with Crippen molar-refractivity contribution in [3.8, 4) is 0 Å². The Bertz CT molecular complexity index is 931. The zero-order valence-corrected chi connectivity index (χ0v) is 16.9. The molecule has 1 saturated carbocycles. The summed E-state index contributed by atoms with van der Waals surface area (Å²) in [6, 6.07) is 6.93. The molecular formula is C21H26N4O4. The summed E-state index contributed by atoms with van der Waals surface area (Å²) >= 11 is 0. The van der Waals surface area contributed by atoms with Crippen molar-refractivity contribution in [3.05, 3.63) is 46.8 Å². The van der Waals surface area contributed by atoms with E-state index in [0.717, 1.165) is 29.8 Å². The first kappa shape index (κ1) is 20.6. The SMILES string of the molecule is Cc1nn(C)c(C)c1CCC(=O)OCC(=O)Nc1cccc(C(=O)NC2CC2)c1. The van der Waals surface area contributed by atoms with Gasteiger partial charge in [-0.15, -0.1) is 0 Å². The molecule has 1 aliphatic carbocycles. The third-order valence-electron chi connectivity index (χ3n) is 4.92. The van der Waals surface area contributed by atoms with Crippen molar-refractivity contribution in [1.82, 2.24) is 15.1 Å². The molecule has 0 radical (unpaired) electrons. The lowest BCUT2D eigenvalue weighted by Crippen LogP contribution is -2.25. The Morgan fingerprint density at radius 3 is 2.66 bits per heavy atom. The molecule has 2 N–H and O–H groups in total. The Balaban J connectivity index is 1.44. The number of aromatic nitrogens is 2. The second kappa shape index (κ2) is 8.89. The summed E-state index contributed by atoms with van der Waals surface area (Å²) < 4.78 is 6.85. The fourth-order valence-electron chi connectivity index (χ4n) is 3.06. The minimum atomic E-state index is -0.452. The van der Waals surface area contributed by atoms with Crippen LogP contribution < -0.4 is 10.6 Å². The second-order valence-electron chi connectivity index (χ2n) is 7.31. The van der Waals surface area contributed by atoms with Crippen molar-refractivity contribution >= 4 is 23.5 Å². The molecule has 1 aromatic carbocycles. The molecule has 0 unspecified atom stereocenters. The number of ether oxygens (including phenoxy) is 1. The normalized spacial score (nSPS) is 13.1. The maximum Gasteiger partial charge on any atom is 0.306 e. The van der Waals surface area contributed by atoms with E-state index >= 15 is 0 Å². The zero-order chi connectivity index (χ0) is 21.0.